The predicted octanol–water partition coefficient (Wildman–Crippen LogP) is 2.14. The molecular formula is C11H11BrN4O. The van der Waals surface area contributed by atoms with Crippen molar-refractivity contribution in [3.63, 3.8) is 0 Å². The first-order chi connectivity index (χ1) is 8.04. The molecule has 2 rings (SSSR count). The number of halogens is 1. The van der Waals surface area contributed by atoms with Crippen molar-refractivity contribution in [1.29, 1.82) is 0 Å². The summed E-state index contributed by atoms with van der Waals surface area (Å²) in [5.74, 6) is 0.241. The molecule has 0 spiro atoms. The van der Waals surface area contributed by atoms with Gasteiger partial charge in [0.05, 0.1) is 0 Å². The van der Waals surface area contributed by atoms with Gasteiger partial charge in [0.15, 0.2) is 5.82 Å². The Kier molecular flexibility index (Phi) is 3.23. The Balaban J connectivity index is 2.19. The number of aromatic nitrogens is 3. The summed E-state index contributed by atoms with van der Waals surface area (Å²) in [4.78, 5) is 16.0. The monoisotopic (exact) mass is 294 g/mol. The molecule has 1 amide bonds. The number of hydrogen-bond acceptors (Lipinski definition) is 3. The highest BCUT2D eigenvalue weighted by molar-refractivity contribution is 9.10. The normalized spacial score (nSPS) is 10.3. The van der Waals surface area contributed by atoms with Crippen LogP contribution in [0.4, 0.5) is 5.82 Å². The second-order valence-electron chi connectivity index (χ2n) is 3.64. The van der Waals surface area contributed by atoms with E-state index in [2.05, 4.69) is 31.3 Å². The van der Waals surface area contributed by atoms with E-state index in [0.717, 1.165) is 10.2 Å². The average Bonchev–Trinajstić information content (AvgIpc) is 2.62. The maximum atomic E-state index is 11.9. The molecule has 0 aliphatic carbocycles. The van der Waals surface area contributed by atoms with E-state index >= 15 is 0 Å². The maximum absolute atomic E-state index is 11.9. The summed E-state index contributed by atoms with van der Waals surface area (Å²) in [6.45, 7) is 1.84. The van der Waals surface area contributed by atoms with Crippen LogP contribution >= 0.6 is 15.9 Å². The summed E-state index contributed by atoms with van der Waals surface area (Å²) >= 11 is 3.33. The summed E-state index contributed by atoms with van der Waals surface area (Å²) in [7, 11) is 1.79. The molecule has 2 aromatic rings. The fraction of sp³-hybridized carbons (Fsp3) is 0.182. The van der Waals surface area contributed by atoms with Crippen LogP contribution < -0.4 is 5.32 Å². The van der Waals surface area contributed by atoms with Crippen molar-refractivity contribution < 1.29 is 4.79 Å². The van der Waals surface area contributed by atoms with Gasteiger partial charge in [0.2, 0.25) is 0 Å². The molecule has 0 radical (unpaired) electrons. The zero-order valence-electron chi connectivity index (χ0n) is 9.44. The van der Waals surface area contributed by atoms with Crippen molar-refractivity contribution in [2.75, 3.05) is 5.32 Å². The molecule has 0 fully saturated rings. The van der Waals surface area contributed by atoms with Crippen LogP contribution in [0.2, 0.25) is 0 Å². The van der Waals surface area contributed by atoms with Crippen LogP contribution in [-0.4, -0.2) is 20.7 Å². The van der Waals surface area contributed by atoms with Gasteiger partial charge in [-0.3, -0.25) is 9.48 Å². The van der Waals surface area contributed by atoms with E-state index in [4.69, 9.17) is 0 Å². The number of nitrogens with zero attached hydrogens (tertiary/aromatic N) is 3. The van der Waals surface area contributed by atoms with Gasteiger partial charge in [0.1, 0.15) is 5.69 Å². The lowest BCUT2D eigenvalue weighted by molar-refractivity contribution is 0.102. The number of anilines is 1. The number of hydrogen-bond donors (Lipinski definition) is 1. The Hall–Kier alpha value is -1.69. The lowest BCUT2D eigenvalue weighted by Gasteiger charge is -2.03. The van der Waals surface area contributed by atoms with Crippen LogP contribution in [0.3, 0.4) is 0 Å². The number of pyridine rings is 1. The summed E-state index contributed by atoms with van der Waals surface area (Å²) in [5.41, 5.74) is 1.15. The van der Waals surface area contributed by atoms with Gasteiger partial charge in [-0.1, -0.05) is 15.9 Å². The summed E-state index contributed by atoms with van der Waals surface area (Å²) in [6, 6.07) is 5.24. The third-order valence-corrected chi connectivity index (χ3v) is 2.56. The molecule has 0 unspecified atom stereocenters. The molecule has 0 aromatic carbocycles. The van der Waals surface area contributed by atoms with E-state index in [9.17, 15) is 4.79 Å². The molecular weight excluding hydrogens is 284 g/mol. The molecule has 1 N–H and O–H groups in total. The van der Waals surface area contributed by atoms with Crippen LogP contribution in [-0.2, 0) is 7.05 Å². The molecule has 5 nitrogen and oxygen atoms in total. The molecule has 0 saturated carbocycles. The number of carbonyl (C=O) groups excluding carboxylic acids is 1. The zero-order valence-corrected chi connectivity index (χ0v) is 11.0. The predicted molar refractivity (Wildman–Crippen MR) is 67.8 cm³/mol. The Morgan fingerprint density at radius 1 is 1.47 bits per heavy atom. The number of amides is 1. The van der Waals surface area contributed by atoms with Crippen LogP contribution in [0.5, 0.6) is 0 Å². The van der Waals surface area contributed by atoms with E-state index in [-0.39, 0.29) is 5.91 Å². The van der Waals surface area contributed by atoms with Gasteiger partial charge in [0, 0.05) is 29.5 Å². The fourth-order valence-electron chi connectivity index (χ4n) is 1.40. The lowest BCUT2D eigenvalue weighted by Crippen LogP contribution is -2.14. The number of aryl methyl sites for hydroxylation is 2. The van der Waals surface area contributed by atoms with Crippen LogP contribution in [0.15, 0.2) is 28.9 Å². The number of carbonyl (C=O) groups is 1. The van der Waals surface area contributed by atoms with Crippen molar-refractivity contribution in [2.24, 2.45) is 7.05 Å². The first-order valence-electron chi connectivity index (χ1n) is 5.00. The fourth-order valence-corrected chi connectivity index (χ4v) is 1.95. The summed E-state index contributed by atoms with van der Waals surface area (Å²) < 4.78 is 2.45. The van der Waals surface area contributed by atoms with Gasteiger partial charge in [-0.2, -0.15) is 5.10 Å². The van der Waals surface area contributed by atoms with Gasteiger partial charge >= 0.3 is 0 Å². The number of rotatable bonds is 2. The minimum atomic E-state index is -0.270. The largest absolute Gasteiger partial charge is 0.304 e. The molecule has 0 saturated heterocycles. The van der Waals surface area contributed by atoms with Gasteiger partial charge in [-0.25, -0.2) is 4.98 Å². The smallest absolute Gasteiger partial charge is 0.275 e. The molecule has 6 heteroatoms. The summed E-state index contributed by atoms with van der Waals surface area (Å²) in [5, 5.41) is 6.75. The Morgan fingerprint density at radius 3 is 2.82 bits per heavy atom. The Labute approximate surface area is 107 Å². The number of nitrogens with one attached hydrogen (secondary N) is 1. The second-order valence-corrected chi connectivity index (χ2v) is 4.56. The highest BCUT2D eigenvalue weighted by Crippen LogP contribution is 2.13. The maximum Gasteiger partial charge on any atom is 0.275 e. The van der Waals surface area contributed by atoms with Gasteiger partial charge in [-0.15, -0.1) is 0 Å². The molecule has 2 heterocycles. The minimum Gasteiger partial charge on any atom is -0.304 e. The molecule has 0 bridgehead atoms. The van der Waals surface area contributed by atoms with Gasteiger partial charge in [0.25, 0.3) is 5.91 Å². The quantitative estimate of drug-likeness (QED) is 0.923. The standard InChI is InChI=1S/C11H11BrN4O/c1-7-5-8(12)6-9(13-7)11(17)14-10-3-4-16(2)15-10/h3-6H,1-2H3,(H,14,15,17). The van der Waals surface area contributed by atoms with Crippen LogP contribution in [0.25, 0.3) is 0 Å². The van der Waals surface area contributed by atoms with Crippen LogP contribution in [0, 0.1) is 6.92 Å². The molecule has 0 aliphatic heterocycles. The SMILES string of the molecule is Cc1cc(Br)cc(C(=O)Nc2ccn(C)n2)n1. The molecule has 17 heavy (non-hydrogen) atoms. The molecule has 2 aromatic heterocycles. The first kappa shape index (κ1) is 11.8. The van der Waals surface area contributed by atoms with Crippen molar-refractivity contribution in [1.82, 2.24) is 14.8 Å². The molecule has 0 atom stereocenters. The highest BCUT2D eigenvalue weighted by atomic mass is 79.9. The Bertz CT molecular complexity index is 544. The highest BCUT2D eigenvalue weighted by Gasteiger charge is 2.10. The zero-order chi connectivity index (χ0) is 12.4. The minimum absolute atomic E-state index is 0.270. The van der Waals surface area contributed by atoms with E-state index in [1.807, 2.05) is 13.0 Å². The third kappa shape index (κ3) is 2.91. The van der Waals surface area contributed by atoms with E-state index in [1.165, 1.54) is 0 Å². The second kappa shape index (κ2) is 4.67. The third-order valence-electron chi connectivity index (χ3n) is 2.11. The van der Waals surface area contributed by atoms with Gasteiger partial charge in [-0.05, 0) is 19.1 Å². The van der Waals surface area contributed by atoms with E-state index in [0.29, 0.717) is 11.5 Å². The topological polar surface area (TPSA) is 59.8 Å². The van der Waals surface area contributed by atoms with Crippen molar-refractivity contribution in [3.05, 3.63) is 40.3 Å². The first-order valence-corrected chi connectivity index (χ1v) is 5.79. The van der Waals surface area contributed by atoms with Crippen molar-refractivity contribution in [2.45, 2.75) is 6.92 Å². The molecule has 88 valence electrons. The Morgan fingerprint density at radius 2 is 2.24 bits per heavy atom. The van der Waals surface area contributed by atoms with E-state index < -0.39 is 0 Å². The van der Waals surface area contributed by atoms with Crippen molar-refractivity contribution in [3.8, 4) is 0 Å². The average molecular weight is 295 g/mol. The van der Waals surface area contributed by atoms with Crippen molar-refractivity contribution >= 4 is 27.7 Å². The summed E-state index contributed by atoms with van der Waals surface area (Å²) in [6.07, 6.45) is 1.76. The molecule has 0 aliphatic rings. The van der Waals surface area contributed by atoms with E-state index in [1.54, 1.807) is 30.1 Å². The lowest BCUT2D eigenvalue weighted by atomic mass is 10.3. The van der Waals surface area contributed by atoms with Gasteiger partial charge < -0.3 is 5.32 Å². The van der Waals surface area contributed by atoms with Crippen LogP contribution in [0.1, 0.15) is 16.2 Å².